The van der Waals surface area contributed by atoms with Gasteiger partial charge < -0.3 is 11.1 Å². The lowest BCUT2D eigenvalue weighted by Gasteiger charge is -2.35. The van der Waals surface area contributed by atoms with Crippen molar-refractivity contribution in [2.75, 3.05) is 18.1 Å². The molecule has 2 aliphatic rings. The molecule has 0 amide bonds. The minimum atomic E-state index is 0.486. The first-order chi connectivity index (χ1) is 6.34. The third-order valence-corrected chi connectivity index (χ3v) is 4.26. The Labute approximate surface area is 85.0 Å². The second kappa shape index (κ2) is 4.67. The predicted molar refractivity (Wildman–Crippen MR) is 59.0 cm³/mol. The average Bonchev–Trinajstić information content (AvgIpc) is 2.12. The second-order valence-electron chi connectivity index (χ2n) is 4.39. The van der Waals surface area contributed by atoms with E-state index in [0.717, 1.165) is 12.0 Å². The van der Waals surface area contributed by atoms with Crippen LogP contribution >= 0.6 is 11.8 Å². The van der Waals surface area contributed by atoms with Crippen molar-refractivity contribution >= 4 is 11.8 Å². The molecule has 0 aromatic carbocycles. The lowest BCUT2D eigenvalue weighted by atomic mass is 9.87. The molecule has 76 valence electrons. The quantitative estimate of drug-likeness (QED) is 0.719. The van der Waals surface area contributed by atoms with Crippen molar-refractivity contribution in [2.45, 2.75) is 37.8 Å². The van der Waals surface area contributed by atoms with Crippen LogP contribution in [0.1, 0.15) is 25.7 Å². The fourth-order valence-electron chi connectivity index (χ4n) is 2.11. The summed E-state index contributed by atoms with van der Waals surface area (Å²) >= 11 is 2.11. The van der Waals surface area contributed by atoms with Gasteiger partial charge in [0.15, 0.2) is 0 Å². The van der Waals surface area contributed by atoms with Crippen molar-refractivity contribution in [3.8, 4) is 0 Å². The number of nitrogens with one attached hydrogen (secondary N) is 1. The fourth-order valence-corrected chi connectivity index (χ4v) is 3.32. The van der Waals surface area contributed by atoms with E-state index in [1.54, 1.807) is 0 Å². The SMILES string of the molecule is NC1CC(NCC2CCSCC2)C1. The Hall–Kier alpha value is 0.270. The number of nitrogens with two attached hydrogens (primary N) is 1. The standard InChI is InChI=1S/C10H20N2S/c11-9-5-10(6-9)12-7-8-1-3-13-4-2-8/h8-10,12H,1-7,11H2. The lowest BCUT2D eigenvalue weighted by Crippen LogP contribution is -2.49. The van der Waals surface area contributed by atoms with Crippen molar-refractivity contribution in [2.24, 2.45) is 11.7 Å². The molecule has 1 aliphatic heterocycles. The highest BCUT2D eigenvalue weighted by molar-refractivity contribution is 7.99. The van der Waals surface area contributed by atoms with Gasteiger partial charge in [-0.3, -0.25) is 0 Å². The first-order valence-corrected chi connectivity index (χ1v) is 6.57. The van der Waals surface area contributed by atoms with Crippen molar-refractivity contribution in [3.63, 3.8) is 0 Å². The molecule has 1 saturated carbocycles. The van der Waals surface area contributed by atoms with Crippen LogP contribution in [-0.4, -0.2) is 30.1 Å². The van der Waals surface area contributed by atoms with Gasteiger partial charge in [-0.05, 0) is 49.7 Å². The maximum absolute atomic E-state index is 5.73. The van der Waals surface area contributed by atoms with Crippen molar-refractivity contribution in [1.82, 2.24) is 5.32 Å². The molecular weight excluding hydrogens is 180 g/mol. The molecule has 1 aliphatic carbocycles. The minimum Gasteiger partial charge on any atom is -0.328 e. The van der Waals surface area contributed by atoms with Crippen LogP contribution in [0.5, 0.6) is 0 Å². The summed E-state index contributed by atoms with van der Waals surface area (Å²) in [7, 11) is 0. The molecule has 0 bridgehead atoms. The van der Waals surface area contributed by atoms with Gasteiger partial charge >= 0.3 is 0 Å². The smallest absolute Gasteiger partial charge is 0.00966 e. The fraction of sp³-hybridized carbons (Fsp3) is 1.00. The molecule has 0 aromatic heterocycles. The number of thioether (sulfide) groups is 1. The summed E-state index contributed by atoms with van der Waals surface area (Å²) in [6.45, 7) is 1.23. The van der Waals surface area contributed by atoms with Crippen LogP contribution < -0.4 is 11.1 Å². The van der Waals surface area contributed by atoms with E-state index < -0.39 is 0 Å². The largest absolute Gasteiger partial charge is 0.328 e. The average molecular weight is 200 g/mol. The Kier molecular flexibility index (Phi) is 3.52. The first kappa shape index (κ1) is 9.81. The van der Waals surface area contributed by atoms with E-state index in [-0.39, 0.29) is 0 Å². The molecule has 2 fully saturated rings. The topological polar surface area (TPSA) is 38.0 Å². The highest BCUT2D eigenvalue weighted by atomic mass is 32.2. The molecule has 0 unspecified atom stereocenters. The Morgan fingerprint density at radius 1 is 1.23 bits per heavy atom. The summed E-state index contributed by atoms with van der Waals surface area (Å²) < 4.78 is 0. The minimum absolute atomic E-state index is 0.486. The van der Waals surface area contributed by atoms with Crippen LogP contribution in [0.2, 0.25) is 0 Å². The van der Waals surface area contributed by atoms with E-state index in [4.69, 9.17) is 5.73 Å². The molecule has 3 N–H and O–H groups in total. The van der Waals surface area contributed by atoms with E-state index >= 15 is 0 Å². The van der Waals surface area contributed by atoms with Gasteiger partial charge in [0.25, 0.3) is 0 Å². The first-order valence-electron chi connectivity index (χ1n) is 5.41. The zero-order chi connectivity index (χ0) is 9.10. The molecule has 0 radical (unpaired) electrons. The van der Waals surface area contributed by atoms with Crippen molar-refractivity contribution in [3.05, 3.63) is 0 Å². The predicted octanol–water partition coefficient (Wildman–Crippen LogP) is 1.21. The Morgan fingerprint density at radius 3 is 2.54 bits per heavy atom. The van der Waals surface area contributed by atoms with Gasteiger partial charge in [0.2, 0.25) is 0 Å². The second-order valence-corrected chi connectivity index (χ2v) is 5.62. The number of hydrogen-bond donors (Lipinski definition) is 2. The molecular formula is C10H20N2S. The van der Waals surface area contributed by atoms with Crippen LogP contribution in [-0.2, 0) is 0 Å². The molecule has 0 spiro atoms. The monoisotopic (exact) mass is 200 g/mol. The van der Waals surface area contributed by atoms with Crippen LogP contribution in [0.4, 0.5) is 0 Å². The third-order valence-electron chi connectivity index (χ3n) is 3.21. The molecule has 0 atom stereocenters. The van der Waals surface area contributed by atoms with E-state index in [0.29, 0.717) is 6.04 Å². The highest BCUT2D eigenvalue weighted by Crippen LogP contribution is 2.23. The van der Waals surface area contributed by atoms with Gasteiger partial charge in [0, 0.05) is 12.1 Å². The van der Waals surface area contributed by atoms with Gasteiger partial charge in [-0.1, -0.05) is 0 Å². The van der Waals surface area contributed by atoms with Gasteiger partial charge in [-0.2, -0.15) is 11.8 Å². The Morgan fingerprint density at radius 2 is 1.92 bits per heavy atom. The number of rotatable bonds is 3. The van der Waals surface area contributed by atoms with Gasteiger partial charge in [0.1, 0.15) is 0 Å². The maximum Gasteiger partial charge on any atom is 0.00966 e. The van der Waals surface area contributed by atoms with E-state index in [1.165, 1.54) is 43.7 Å². The van der Waals surface area contributed by atoms with Gasteiger partial charge in [-0.15, -0.1) is 0 Å². The van der Waals surface area contributed by atoms with Gasteiger partial charge in [0.05, 0.1) is 0 Å². The van der Waals surface area contributed by atoms with E-state index in [9.17, 15) is 0 Å². The van der Waals surface area contributed by atoms with Crippen LogP contribution in [0.25, 0.3) is 0 Å². The van der Waals surface area contributed by atoms with Crippen LogP contribution in [0.3, 0.4) is 0 Å². The zero-order valence-corrected chi connectivity index (χ0v) is 8.98. The summed E-state index contributed by atoms with van der Waals surface area (Å²) in [5.74, 6) is 3.69. The molecule has 2 rings (SSSR count). The van der Waals surface area contributed by atoms with E-state index in [1.807, 2.05) is 0 Å². The van der Waals surface area contributed by atoms with Crippen LogP contribution in [0.15, 0.2) is 0 Å². The Bertz CT molecular complexity index is 151. The molecule has 1 heterocycles. The maximum atomic E-state index is 5.73. The third kappa shape index (κ3) is 2.86. The van der Waals surface area contributed by atoms with Crippen LogP contribution in [0, 0.1) is 5.92 Å². The molecule has 0 aromatic rings. The summed E-state index contributed by atoms with van der Waals surface area (Å²) in [5.41, 5.74) is 5.73. The summed E-state index contributed by atoms with van der Waals surface area (Å²) in [6, 6.07) is 1.23. The molecule has 13 heavy (non-hydrogen) atoms. The summed E-state index contributed by atoms with van der Waals surface area (Å²) in [6.07, 6.45) is 5.22. The summed E-state index contributed by atoms with van der Waals surface area (Å²) in [4.78, 5) is 0. The van der Waals surface area contributed by atoms with Crippen molar-refractivity contribution in [1.29, 1.82) is 0 Å². The molecule has 1 saturated heterocycles. The normalized spacial score (nSPS) is 35.8. The summed E-state index contributed by atoms with van der Waals surface area (Å²) in [5, 5.41) is 3.63. The Balaban J connectivity index is 1.56. The lowest BCUT2D eigenvalue weighted by molar-refractivity contribution is 0.273. The molecule has 2 nitrogen and oxygen atoms in total. The van der Waals surface area contributed by atoms with Gasteiger partial charge in [-0.25, -0.2) is 0 Å². The number of hydrogen-bond acceptors (Lipinski definition) is 3. The zero-order valence-electron chi connectivity index (χ0n) is 8.17. The van der Waals surface area contributed by atoms with E-state index in [2.05, 4.69) is 17.1 Å². The van der Waals surface area contributed by atoms with Crippen molar-refractivity contribution < 1.29 is 0 Å². The highest BCUT2D eigenvalue weighted by Gasteiger charge is 2.26. The molecule has 3 heteroatoms.